The molecule has 0 radical (unpaired) electrons. The molecule has 1 aromatic carbocycles. The minimum atomic E-state index is -0.517. The van der Waals surface area contributed by atoms with Gasteiger partial charge in [-0.05, 0) is 18.9 Å². The van der Waals surface area contributed by atoms with E-state index in [1.165, 1.54) is 5.56 Å². The van der Waals surface area contributed by atoms with Gasteiger partial charge in [0.2, 0.25) is 5.91 Å². The number of carbonyl (C=O) groups is 2. The van der Waals surface area contributed by atoms with Gasteiger partial charge in [0.05, 0.1) is 24.3 Å². The standard InChI is InChI=1S/C19H20N6O2/c1-13-2-4-14(5-3-13)11-24-9-7-16(18(24)26)23-19(27)22-15-10-20-17-6-8-21-25(17)12-15/h2-6,8,10,12,16H,7,9,11H2,1H3,(H2,22,23,27). The maximum atomic E-state index is 12.6. The van der Waals surface area contributed by atoms with Crippen molar-refractivity contribution in [2.24, 2.45) is 0 Å². The summed E-state index contributed by atoms with van der Waals surface area (Å²) in [4.78, 5) is 30.8. The molecule has 0 saturated carbocycles. The van der Waals surface area contributed by atoms with E-state index in [9.17, 15) is 9.59 Å². The summed E-state index contributed by atoms with van der Waals surface area (Å²) in [5, 5.41) is 9.52. The Hall–Kier alpha value is -3.42. The number of aromatic nitrogens is 3. The van der Waals surface area contributed by atoms with Crippen LogP contribution < -0.4 is 10.6 Å². The molecule has 0 bridgehead atoms. The lowest BCUT2D eigenvalue weighted by molar-refractivity contribution is -0.129. The van der Waals surface area contributed by atoms with E-state index in [4.69, 9.17) is 0 Å². The number of likely N-dealkylation sites (tertiary alicyclic amines) is 1. The molecule has 3 heterocycles. The first-order chi connectivity index (χ1) is 13.1. The molecule has 1 aliphatic heterocycles. The van der Waals surface area contributed by atoms with E-state index in [0.29, 0.717) is 30.8 Å². The van der Waals surface area contributed by atoms with Crippen molar-refractivity contribution >= 4 is 23.3 Å². The number of anilines is 1. The lowest BCUT2D eigenvalue weighted by Gasteiger charge is -2.17. The average Bonchev–Trinajstić information content (AvgIpc) is 3.25. The number of aryl methyl sites for hydroxylation is 1. The first-order valence-corrected chi connectivity index (χ1v) is 8.80. The highest BCUT2D eigenvalue weighted by molar-refractivity contribution is 5.94. The number of carbonyl (C=O) groups excluding carboxylic acids is 2. The van der Waals surface area contributed by atoms with Gasteiger partial charge in [0.15, 0.2) is 5.65 Å². The maximum Gasteiger partial charge on any atom is 0.319 e. The molecule has 1 unspecified atom stereocenters. The largest absolute Gasteiger partial charge is 0.336 e. The number of hydrogen-bond donors (Lipinski definition) is 2. The Morgan fingerprint density at radius 1 is 1.26 bits per heavy atom. The highest BCUT2D eigenvalue weighted by Gasteiger charge is 2.32. The van der Waals surface area contributed by atoms with E-state index < -0.39 is 12.1 Å². The van der Waals surface area contributed by atoms with Gasteiger partial charge in [0, 0.05) is 19.2 Å². The zero-order valence-corrected chi connectivity index (χ0v) is 14.9. The second kappa shape index (κ2) is 7.06. The van der Waals surface area contributed by atoms with Crippen LogP contribution in [0.4, 0.5) is 10.5 Å². The van der Waals surface area contributed by atoms with Crippen LogP contribution in [-0.4, -0.2) is 44.0 Å². The van der Waals surface area contributed by atoms with Gasteiger partial charge in [-0.15, -0.1) is 0 Å². The van der Waals surface area contributed by atoms with Gasteiger partial charge >= 0.3 is 6.03 Å². The van der Waals surface area contributed by atoms with Crippen LogP contribution in [0.3, 0.4) is 0 Å². The molecule has 138 valence electrons. The zero-order chi connectivity index (χ0) is 18.8. The van der Waals surface area contributed by atoms with Crippen molar-refractivity contribution in [2.75, 3.05) is 11.9 Å². The summed E-state index contributed by atoms with van der Waals surface area (Å²) in [5.74, 6) is -0.0635. The number of urea groups is 1. The third-order valence-electron chi connectivity index (χ3n) is 4.60. The number of amides is 3. The molecule has 3 aromatic rings. The molecule has 8 heteroatoms. The third kappa shape index (κ3) is 3.74. The fraction of sp³-hybridized carbons (Fsp3) is 0.263. The summed E-state index contributed by atoms with van der Waals surface area (Å²) < 4.78 is 1.57. The summed E-state index contributed by atoms with van der Waals surface area (Å²) in [5.41, 5.74) is 3.47. The van der Waals surface area contributed by atoms with Crippen LogP contribution in [0.2, 0.25) is 0 Å². The Bertz CT molecular complexity index is 981. The van der Waals surface area contributed by atoms with Crippen molar-refractivity contribution in [3.8, 4) is 0 Å². The fourth-order valence-corrected chi connectivity index (χ4v) is 3.14. The number of hydrogen-bond acceptors (Lipinski definition) is 4. The minimum Gasteiger partial charge on any atom is -0.336 e. The number of benzene rings is 1. The maximum absolute atomic E-state index is 12.6. The number of fused-ring (bicyclic) bond motifs is 1. The van der Waals surface area contributed by atoms with Crippen molar-refractivity contribution in [2.45, 2.75) is 25.9 Å². The molecular formula is C19H20N6O2. The van der Waals surface area contributed by atoms with Gasteiger partial charge in [-0.2, -0.15) is 5.10 Å². The molecule has 1 atom stereocenters. The van der Waals surface area contributed by atoms with E-state index in [1.807, 2.05) is 31.2 Å². The van der Waals surface area contributed by atoms with Crippen LogP contribution in [0.25, 0.3) is 5.65 Å². The number of nitrogens with zero attached hydrogens (tertiary/aromatic N) is 4. The van der Waals surface area contributed by atoms with E-state index in [1.54, 1.807) is 34.1 Å². The van der Waals surface area contributed by atoms with E-state index in [-0.39, 0.29) is 5.91 Å². The van der Waals surface area contributed by atoms with Crippen molar-refractivity contribution in [1.29, 1.82) is 0 Å². The van der Waals surface area contributed by atoms with Crippen LogP contribution in [0.1, 0.15) is 17.5 Å². The Balaban J connectivity index is 1.34. The molecule has 27 heavy (non-hydrogen) atoms. The minimum absolute atomic E-state index is 0.0635. The molecule has 1 fully saturated rings. The van der Waals surface area contributed by atoms with E-state index in [0.717, 1.165) is 5.56 Å². The Morgan fingerprint density at radius 3 is 2.89 bits per heavy atom. The summed E-state index contributed by atoms with van der Waals surface area (Å²) in [7, 11) is 0. The van der Waals surface area contributed by atoms with Crippen molar-refractivity contribution in [1.82, 2.24) is 24.8 Å². The molecule has 3 amide bonds. The molecule has 8 nitrogen and oxygen atoms in total. The SMILES string of the molecule is Cc1ccc(CN2CCC(NC(=O)Nc3cnc4ccnn4c3)C2=O)cc1. The Kier molecular flexibility index (Phi) is 4.45. The number of rotatable bonds is 4. The summed E-state index contributed by atoms with van der Waals surface area (Å²) in [6.45, 7) is 3.21. The second-order valence-electron chi connectivity index (χ2n) is 6.66. The lowest BCUT2D eigenvalue weighted by Crippen LogP contribution is -2.43. The van der Waals surface area contributed by atoms with Crippen LogP contribution in [0, 0.1) is 6.92 Å². The van der Waals surface area contributed by atoms with Crippen LogP contribution in [0.15, 0.2) is 48.9 Å². The summed E-state index contributed by atoms with van der Waals surface area (Å²) in [6, 6.07) is 8.93. The zero-order valence-electron chi connectivity index (χ0n) is 14.9. The molecular weight excluding hydrogens is 344 g/mol. The molecule has 0 spiro atoms. The molecule has 1 saturated heterocycles. The van der Waals surface area contributed by atoms with Gasteiger partial charge < -0.3 is 15.5 Å². The van der Waals surface area contributed by atoms with Crippen molar-refractivity contribution in [3.05, 3.63) is 60.0 Å². The smallest absolute Gasteiger partial charge is 0.319 e. The van der Waals surface area contributed by atoms with E-state index >= 15 is 0 Å². The van der Waals surface area contributed by atoms with Crippen LogP contribution in [0.5, 0.6) is 0 Å². The van der Waals surface area contributed by atoms with Crippen molar-refractivity contribution in [3.63, 3.8) is 0 Å². The molecule has 1 aliphatic rings. The second-order valence-corrected chi connectivity index (χ2v) is 6.66. The third-order valence-corrected chi connectivity index (χ3v) is 4.60. The highest BCUT2D eigenvalue weighted by atomic mass is 16.2. The average molecular weight is 364 g/mol. The normalized spacial score (nSPS) is 16.7. The predicted molar refractivity (Wildman–Crippen MR) is 100 cm³/mol. The van der Waals surface area contributed by atoms with Gasteiger partial charge in [0.25, 0.3) is 0 Å². The van der Waals surface area contributed by atoms with Crippen LogP contribution in [-0.2, 0) is 11.3 Å². The predicted octanol–water partition coefficient (Wildman–Crippen LogP) is 1.96. The summed E-state index contributed by atoms with van der Waals surface area (Å²) in [6.07, 6.45) is 5.44. The van der Waals surface area contributed by atoms with Gasteiger partial charge in [-0.1, -0.05) is 29.8 Å². The van der Waals surface area contributed by atoms with Gasteiger partial charge in [-0.3, -0.25) is 4.79 Å². The molecule has 0 aliphatic carbocycles. The highest BCUT2D eigenvalue weighted by Crippen LogP contribution is 2.16. The van der Waals surface area contributed by atoms with Crippen molar-refractivity contribution < 1.29 is 9.59 Å². The lowest BCUT2D eigenvalue weighted by atomic mass is 10.1. The molecule has 2 N–H and O–H groups in total. The fourth-order valence-electron chi connectivity index (χ4n) is 3.14. The molecule has 4 rings (SSSR count). The monoisotopic (exact) mass is 364 g/mol. The topological polar surface area (TPSA) is 91.6 Å². The van der Waals surface area contributed by atoms with Crippen LogP contribution >= 0.6 is 0 Å². The van der Waals surface area contributed by atoms with Gasteiger partial charge in [-0.25, -0.2) is 14.3 Å². The summed E-state index contributed by atoms with van der Waals surface area (Å²) >= 11 is 0. The number of nitrogens with one attached hydrogen (secondary N) is 2. The van der Waals surface area contributed by atoms with Gasteiger partial charge in [0.1, 0.15) is 6.04 Å². The first kappa shape index (κ1) is 17.0. The molecule has 2 aromatic heterocycles. The Labute approximate surface area is 156 Å². The quantitative estimate of drug-likeness (QED) is 0.740. The van der Waals surface area contributed by atoms with E-state index in [2.05, 4.69) is 20.7 Å². The first-order valence-electron chi connectivity index (χ1n) is 8.80. The Morgan fingerprint density at radius 2 is 2.07 bits per heavy atom.